The van der Waals surface area contributed by atoms with E-state index in [4.69, 9.17) is 0 Å². The fourth-order valence-electron chi connectivity index (χ4n) is 2.98. The van der Waals surface area contributed by atoms with Gasteiger partial charge in [0.1, 0.15) is 0 Å². The molecule has 1 aliphatic heterocycles. The zero-order valence-electron chi connectivity index (χ0n) is 13.7. The van der Waals surface area contributed by atoms with Crippen molar-refractivity contribution < 1.29 is 4.79 Å². The smallest absolute Gasteiger partial charge is 0.240 e. The van der Waals surface area contributed by atoms with Crippen LogP contribution in [0.5, 0.6) is 0 Å². The molecule has 2 aromatic rings. The van der Waals surface area contributed by atoms with Crippen molar-refractivity contribution in [2.75, 3.05) is 25.0 Å². The third-order valence-electron chi connectivity index (χ3n) is 4.21. The Labute approximate surface area is 141 Å². The highest BCUT2D eigenvalue weighted by molar-refractivity contribution is 7.14. The van der Waals surface area contributed by atoms with E-state index in [1.54, 1.807) is 0 Å². The van der Waals surface area contributed by atoms with Crippen molar-refractivity contribution in [2.45, 2.75) is 26.7 Å². The summed E-state index contributed by atoms with van der Waals surface area (Å²) < 4.78 is 0. The Morgan fingerprint density at radius 2 is 2.17 bits per heavy atom. The SMILES string of the molecule is Cc1ccc(-c2csc(NC(=O)CN3CCC[C@@H](C)C3)n2)cc1. The Balaban J connectivity index is 1.58. The number of hydrogen-bond donors (Lipinski definition) is 1. The van der Waals surface area contributed by atoms with Gasteiger partial charge in [-0.05, 0) is 32.2 Å². The molecule has 0 unspecified atom stereocenters. The first-order valence-corrected chi connectivity index (χ1v) is 9.03. The quantitative estimate of drug-likeness (QED) is 0.928. The predicted octanol–water partition coefficient (Wildman–Crippen LogP) is 3.79. The number of rotatable bonds is 4. The molecule has 0 saturated carbocycles. The number of likely N-dealkylation sites (tertiary alicyclic amines) is 1. The van der Waals surface area contributed by atoms with E-state index in [0.717, 1.165) is 24.3 Å². The van der Waals surface area contributed by atoms with Gasteiger partial charge < -0.3 is 5.32 Å². The third-order valence-corrected chi connectivity index (χ3v) is 4.96. The molecule has 4 nitrogen and oxygen atoms in total. The number of piperidine rings is 1. The largest absolute Gasteiger partial charge is 0.301 e. The average Bonchev–Trinajstić information content (AvgIpc) is 2.96. The van der Waals surface area contributed by atoms with Gasteiger partial charge >= 0.3 is 0 Å². The number of thiazole rings is 1. The molecule has 1 fully saturated rings. The van der Waals surface area contributed by atoms with Gasteiger partial charge in [-0.3, -0.25) is 9.69 Å². The number of aromatic nitrogens is 1. The van der Waals surface area contributed by atoms with Crippen LogP contribution in [0.2, 0.25) is 0 Å². The zero-order valence-corrected chi connectivity index (χ0v) is 14.5. The molecular weight excluding hydrogens is 306 g/mol. The Hall–Kier alpha value is -1.72. The second-order valence-electron chi connectivity index (χ2n) is 6.43. The van der Waals surface area contributed by atoms with Crippen molar-refractivity contribution in [3.8, 4) is 11.3 Å². The molecule has 1 aliphatic rings. The molecule has 1 aromatic carbocycles. The summed E-state index contributed by atoms with van der Waals surface area (Å²) in [5.41, 5.74) is 3.22. The lowest BCUT2D eigenvalue weighted by Crippen LogP contribution is -2.39. The molecule has 1 atom stereocenters. The Morgan fingerprint density at radius 1 is 1.39 bits per heavy atom. The fraction of sp³-hybridized carbons (Fsp3) is 0.444. The number of anilines is 1. The van der Waals surface area contributed by atoms with Crippen LogP contribution in [0.25, 0.3) is 11.3 Å². The van der Waals surface area contributed by atoms with Crippen molar-refractivity contribution in [1.29, 1.82) is 0 Å². The van der Waals surface area contributed by atoms with Gasteiger partial charge in [0.15, 0.2) is 5.13 Å². The molecule has 0 spiro atoms. The van der Waals surface area contributed by atoms with Gasteiger partial charge in [0.25, 0.3) is 0 Å². The summed E-state index contributed by atoms with van der Waals surface area (Å²) in [5.74, 6) is 0.716. The number of benzene rings is 1. The average molecular weight is 329 g/mol. The van der Waals surface area contributed by atoms with Crippen molar-refractivity contribution in [1.82, 2.24) is 9.88 Å². The van der Waals surface area contributed by atoms with Crippen LogP contribution in [0.1, 0.15) is 25.3 Å². The minimum absolute atomic E-state index is 0.0314. The van der Waals surface area contributed by atoms with Crippen LogP contribution in [-0.2, 0) is 4.79 Å². The van der Waals surface area contributed by atoms with Gasteiger partial charge in [-0.25, -0.2) is 4.98 Å². The van der Waals surface area contributed by atoms with Gasteiger partial charge in [0.05, 0.1) is 12.2 Å². The van der Waals surface area contributed by atoms with E-state index in [-0.39, 0.29) is 5.91 Å². The maximum atomic E-state index is 12.2. The topological polar surface area (TPSA) is 45.2 Å². The van der Waals surface area contributed by atoms with E-state index in [2.05, 4.69) is 53.3 Å². The van der Waals surface area contributed by atoms with E-state index in [0.29, 0.717) is 17.6 Å². The molecule has 0 aliphatic carbocycles. The molecular formula is C18H23N3OS. The molecule has 23 heavy (non-hydrogen) atoms. The summed E-state index contributed by atoms with van der Waals surface area (Å²) in [6.07, 6.45) is 2.45. The molecule has 5 heteroatoms. The number of carbonyl (C=O) groups is 1. The number of aryl methyl sites for hydroxylation is 1. The van der Waals surface area contributed by atoms with Crippen LogP contribution in [0.3, 0.4) is 0 Å². The lowest BCUT2D eigenvalue weighted by Gasteiger charge is -2.29. The highest BCUT2D eigenvalue weighted by atomic mass is 32.1. The van der Waals surface area contributed by atoms with Crippen LogP contribution in [0, 0.1) is 12.8 Å². The summed E-state index contributed by atoms with van der Waals surface area (Å²) >= 11 is 1.48. The first kappa shape index (κ1) is 16.1. The Morgan fingerprint density at radius 3 is 2.91 bits per heavy atom. The molecule has 3 rings (SSSR count). The summed E-state index contributed by atoms with van der Waals surface area (Å²) in [5, 5.41) is 5.60. The summed E-state index contributed by atoms with van der Waals surface area (Å²) in [6.45, 7) is 6.81. The molecule has 1 N–H and O–H groups in total. The lowest BCUT2D eigenvalue weighted by molar-refractivity contribution is -0.117. The normalized spacial score (nSPS) is 18.8. The standard InChI is InChI=1S/C18H23N3OS/c1-13-5-7-15(8-6-13)16-12-23-18(19-16)20-17(22)11-21-9-3-4-14(2)10-21/h5-8,12,14H,3-4,9-11H2,1-2H3,(H,19,20,22)/t14-/m1/s1. The van der Waals surface area contributed by atoms with Gasteiger partial charge in [0.2, 0.25) is 5.91 Å². The van der Waals surface area contributed by atoms with E-state index >= 15 is 0 Å². The van der Waals surface area contributed by atoms with Gasteiger partial charge in [-0.15, -0.1) is 11.3 Å². The first-order chi connectivity index (χ1) is 11.1. The van der Waals surface area contributed by atoms with Gasteiger partial charge in [-0.2, -0.15) is 0 Å². The number of amides is 1. The number of nitrogens with zero attached hydrogens (tertiary/aromatic N) is 2. The number of hydrogen-bond acceptors (Lipinski definition) is 4. The lowest BCUT2D eigenvalue weighted by atomic mass is 10.0. The van der Waals surface area contributed by atoms with Gasteiger partial charge in [-0.1, -0.05) is 36.8 Å². The second-order valence-corrected chi connectivity index (χ2v) is 7.29. The minimum atomic E-state index is 0.0314. The molecule has 1 saturated heterocycles. The highest BCUT2D eigenvalue weighted by Gasteiger charge is 2.19. The van der Waals surface area contributed by atoms with Crippen LogP contribution >= 0.6 is 11.3 Å². The summed E-state index contributed by atoms with van der Waals surface area (Å²) in [7, 11) is 0. The summed E-state index contributed by atoms with van der Waals surface area (Å²) in [4.78, 5) is 19.0. The second kappa shape index (κ2) is 7.23. The van der Waals surface area contributed by atoms with Crippen LogP contribution in [-0.4, -0.2) is 35.4 Å². The Bertz CT molecular complexity index is 665. The highest BCUT2D eigenvalue weighted by Crippen LogP contribution is 2.25. The van der Waals surface area contributed by atoms with Crippen molar-refractivity contribution >= 4 is 22.4 Å². The number of carbonyl (C=O) groups excluding carboxylic acids is 1. The van der Waals surface area contributed by atoms with Crippen LogP contribution < -0.4 is 5.32 Å². The minimum Gasteiger partial charge on any atom is -0.301 e. The Kier molecular flexibility index (Phi) is 5.08. The van der Waals surface area contributed by atoms with Gasteiger partial charge in [0, 0.05) is 17.5 Å². The first-order valence-electron chi connectivity index (χ1n) is 8.15. The molecule has 2 heterocycles. The van der Waals surface area contributed by atoms with E-state index in [1.165, 1.54) is 29.7 Å². The maximum Gasteiger partial charge on any atom is 0.240 e. The van der Waals surface area contributed by atoms with Crippen LogP contribution in [0.15, 0.2) is 29.6 Å². The fourth-order valence-corrected chi connectivity index (χ4v) is 3.72. The monoisotopic (exact) mass is 329 g/mol. The van der Waals surface area contributed by atoms with Crippen molar-refractivity contribution in [3.63, 3.8) is 0 Å². The van der Waals surface area contributed by atoms with E-state index in [1.807, 2.05) is 5.38 Å². The van der Waals surface area contributed by atoms with E-state index < -0.39 is 0 Å². The van der Waals surface area contributed by atoms with Crippen LogP contribution in [0.4, 0.5) is 5.13 Å². The molecule has 1 aromatic heterocycles. The molecule has 122 valence electrons. The predicted molar refractivity (Wildman–Crippen MR) is 95.8 cm³/mol. The zero-order chi connectivity index (χ0) is 16.2. The molecule has 0 bridgehead atoms. The summed E-state index contributed by atoms with van der Waals surface area (Å²) in [6, 6.07) is 8.27. The molecule has 0 radical (unpaired) electrons. The van der Waals surface area contributed by atoms with E-state index in [9.17, 15) is 4.79 Å². The number of nitrogens with one attached hydrogen (secondary N) is 1. The maximum absolute atomic E-state index is 12.2. The van der Waals surface area contributed by atoms with Crippen molar-refractivity contribution in [3.05, 3.63) is 35.2 Å². The van der Waals surface area contributed by atoms with Crippen molar-refractivity contribution in [2.24, 2.45) is 5.92 Å². The third kappa shape index (κ3) is 4.39. The molecule has 1 amide bonds.